The Morgan fingerprint density at radius 3 is 2.86 bits per heavy atom. The molecule has 4 rings (SSSR count). The lowest BCUT2D eigenvalue weighted by Crippen LogP contribution is -2.46. The molecule has 2 aliphatic rings. The number of piperazine rings is 1. The quantitative estimate of drug-likeness (QED) is 0.845. The molecule has 1 fully saturated rings. The molecule has 0 bridgehead atoms. The summed E-state index contributed by atoms with van der Waals surface area (Å²) in [6.07, 6.45) is 1.44. The number of anilines is 1. The van der Waals surface area contributed by atoms with Crippen LogP contribution in [0.3, 0.4) is 0 Å². The van der Waals surface area contributed by atoms with Crippen molar-refractivity contribution in [2.75, 3.05) is 37.9 Å². The first-order chi connectivity index (χ1) is 10.9. The summed E-state index contributed by atoms with van der Waals surface area (Å²) >= 11 is 0. The number of rotatable bonds is 3. The van der Waals surface area contributed by atoms with Crippen LogP contribution in [-0.4, -0.2) is 48.0 Å². The first kappa shape index (κ1) is 13.5. The zero-order chi connectivity index (χ0) is 14.8. The first-order valence-corrected chi connectivity index (χ1v) is 7.45. The number of aromatic nitrogens is 2. The summed E-state index contributed by atoms with van der Waals surface area (Å²) in [6, 6.07) is 6.97. The second-order valence-electron chi connectivity index (χ2n) is 5.54. The molecule has 0 spiro atoms. The van der Waals surface area contributed by atoms with Gasteiger partial charge in [-0.2, -0.15) is 4.98 Å². The van der Waals surface area contributed by atoms with Crippen LogP contribution in [0.5, 0.6) is 5.75 Å². The molecule has 0 aliphatic carbocycles. The van der Waals surface area contributed by atoms with Crippen molar-refractivity contribution >= 4 is 6.01 Å². The van der Waals surface area contributed by atoms with E-state index >= 15 is 0 Å². The van der Waals surface area contributed by atoms with Gasteiger partial charge in [-0.15, -0.1) is 0 Å². The second kappa shape index (κ2) is 5.94. The standard InChI is InChI=1S/C15H18N4O3/c1-2-14-13(9-20-11-21-14)7-12(1)8-18-3-5-19(6-4-18)15-16-10-17-22-15/h1-2,7,10H,3-6,8-9,11H2. The Labute approximate surface area is 128 Å². The van der Waals surface area contributed by atoms with Crippen LogP contribution in [0.25, 0.3) is 0 Å². The van der Waals surface area contributed by atoms with Gasteiger partial charge in [0.15, 0.2) is 13.1 Å². The van der Waals surface area contributed by atoms with E-state index in [0.717, 1.165) is 44.0 Å². The molecule has 1 aromatic carbocycles. The van der Waals surface area contributed by atoms with Gasteiger partial charge < -0.3 is 18.9 Å². The molecule has 0 unspecified atom stereocenters. The lowest BCUT2D eigenvalue weighted by Gasteiger charge is -2.33. The number of nitrogens with zero attached hydrogens (tertiary/aromatic N) is 4. The molecule has 0 N–H and O–H groups in total. The van der Waals surface area contributed by atoms with Gasteiger partial charge in [-0.1, -0.05) is 11.2 Å². The minimum atomic E-state index is 0.351. The topological polar surface area (TPSA) is 63.9 Å². The molecule has 0 amide bonds. The van der Waals surface area contributed by atoms with Gasteiger partial charge >= 0.3 is 6.01 Å². The van der Waals surface area contributed by atoms with E-state index in [0.29, 0.717) is 19.4 Å². The van der Waals surface area contributed by atoms with Gasteiger partial charge in [0.2, 0.25) is 0 Å². The van der Waals surface area contributed by atoms with Crippen LogP contribution in [0.4, 0.5) is 6.01 Å². The highest BCUT2D eigenvalue weighted by Crippen LogP contribution is 2.25. The summed E-state index contributed by atoms with van der Waals surface area (Å²) in [5.41, 5.74) is 2.42. The van der Waals surface area contributed by atoms with E-state index in [1.165, 1.54) is 11.9 Å². The summed E-state index contributed by atoms with van der Waals surface area (Å²) in [5, 5.41) is 3.66. The third-order valence-corrected chi connectivity index (χ3v) is 4.08. The van der Waals surface area contributed by atoms with Gasteiger partial charge in [0.25, 0.3) is 0 Å². The number of fused-ring (bicyclic) bond motifs is 1. The molecule has 7 nitrogen and oxygen atoms in total. The summed E-state index contributed by atoms with van der Waals surface area (Å²) in [4.78, 5) is 8.65. The average molecular weight is 302 g/mol. The Hall–Kier alpha value is -2.12. The number of hydrogen-bond donors (Lipinski definition) is 0. The minimum Gasteiger partial charge on any atom is -0.467 e. The number of benzene rings is 1. The molecule has 22 heavy (non-hydrogen) atoms. The van der Waals surface area contributed by atoms with Crippen LogP contribution >= 0.6 is 0 Å². The third-order valence-electron chi connectivity index (χ3n) is 4.08. The van der Waals surface area contributed by atoms with E-state index in [2.05, 4.69) is 32.1 Å². The number of ether oxygens (including phenoxy) is 2. The van der Waals surface area contributed by atoms with Crippen LogP contribution in [0.2, 0.25) is 0 Å². The summed E-state index contributed by atoms with van der Waals surface area (Å²) < 4.78 is 15.9. The smallest absolute Gasteiger partial charge is 0.323 e. The fourth-order valence-electron chi connectivity index (χ4n) is 2.90. The maximum atomic E-state index is 5.46. The van der Waals surface area contributed by atoms with Crippen molar-refractivity contribution in [2.24, 2.45) is 0 Å². The van der Waals surface area contributed by atoms with Gasteiger partial charge in [-0.3, -0.25) is 4.90 Å². The minimum absolute atomic E-state index is 0.351. The van der Waals surface area contributed by atoms with E-state index < -0.39 is 0 Å². The monoisotopic (exact) mass is 302 g/mol. The molecule has 0 atom stereocenters. The van der Waals surface area contributed by atoms with Crippen LogP contribution in [0, 0.1) is 0 Å². The largest absolute Gasteiger partial charge is 0.467 e. The van der Waals surface area contributed by atoms with Crippen molar-refractivity contribution in [3.05, 3.63) is 35.7 Å². The molecule has 0 saturated carbocycles. The van der Waals surface area contributed by atoms with Crippen molar-refractivity contribution in [1.29, 1.82) is 0 Å². The molecular weight excluding hydrogens is 284 g/mol. The van der Waals surface area contributed by atoms with Gasteiger partial charge in [-0.05, 0) is 17.7 Å². The first-order valence-electron chi connectivity index (χ1n) is 7.45. The van der Waals surface area contributed by atoms with Crippen molar-refractivity contribution < 1.29 is 14.0 Å². The summed E-state index contributed by atoms with van der Waals surface area (Å²) in [5.74, 6) is 0.941. The highest BCUT2D eigenvalue weighted by molar-refractivity contribution is 5.37. The van der Waals surface area contributed by atoms with Crippen LogP contribution in [0.1, 0.15) is 11.1 Å². The normalized spacial score (nSPS) is 18.8. The molecular formula is C15H18N4O3. The van der Waals surface area contributed by atoms with Gasteiger partial charge in [0.05, 0.1) is 6.61 Å². The molecule has 3 heterocycles. The van der Waals surface area contributed by atoms with E-state index in [4.69, 9.17) is 14.0 Å². The molecule has 116 valence electrons. The molecule has 2 aliphatic heterocycles. The van der Waals surface area contributed by atoms with E-state index in [9.17, 15) is 0 Å². The Balaban J connectivity index is 1.36. The van der Waals surface area contributed by atoms with Gasteiger partial charge in [0.1, 0.15) is 5.75 Å². The Bertz CT molecular complexity index is 624. The summed E-state index contributed by atoms with van der Waals surface area (Å²) in [7, 11) is 0. The lowest BCUT2D eigenvalue weighted by molar-refractivity contribution is -0.0164. The Morgan fingerprint density at radius 1 is 1.14 bits per heavy atom. The predicted octanol–water partition coefficient (Wildman–Crippen LogP) is 1.26. The summed E-state index contributed by atoms with van der Waals surface area (Å²) in [6.45, 7) is 5.68. The van der Waals surface area contributed by atoms with Crippen molar-refractivity contribution in [3.8, 4) is 5.75 Å². The van der Waals surface area contributed by atoms with Crippen molar-refractivity contribution in [2.45, 2.75) is 13.2 Å². The van der Waals surface area contributed by atoms with E-state index in [1.54, 1.807) is 0 Å². The second-order valence-corrected chi connectivity index (χ2v) is 5.54. The van der Waals surface area contributed by atoms with Crippen LogP contribution in [0.15, 0.2) is 29.0 Å². The van der Waals surface area contributed by atoms with Crippen molar-refractivity contribution in [1.82, 2.24) is 15.0 Å². The zero-order valence-electron chi connectivity index (χ0n) is 12.3. The highest BCUT2D eigenvalue weighted by atomic mass is 16.7. The lowest BCUT2D eigenvalue weighted by atomic mass is 10.1. The fourth-order valence-corrected chi connectivity index (χ4v) is 2.90. The third kappa shape index (κ3) is 2.77. The van der Waals surface area contributed by atoms with Crippen molar-refractivity contribution in [3.63, 3.8) is 0 Å². The zero-order valence-corrected chi connectivity index (χ0v) is 12.3. The van der Waals surface area contributed by atoms with Gasteiger partial charge in [-0.25, -0.2) is 0 Å². The van der Waals surface area contributed by atoms with E-state index in [1.807, 2.05) is 6.07 Å². The van der Waals surface area contributed by atoms with Gasteiger partial charge in [0, 0.05) is 38.3 Å². The maximum Gasteiger partial charge on any atom is 0.323 e. The van der Waals surface area contributed by atoms with Crippen LogP contribution in [-0.2, 0) is 17.9 Å². The maximum absolute atomic E-state index is 5.46. The SMILES string of the molecule is c1noc(N2CCN(Cc3ccc4c(c3)COCO4)CC2)n1. The molecule has 1 aromatic heterocycles. The average Bonchev–Trinajstić information content (AvgIpc) is 3.10. The Morgan fingerprint density at radius 2 is 2.05 bits per heavy atom. The molecule has 7 heteroatoms. The fraction of sp³-hybridized carbons (Fsp3) is 0.467. The molecule has 0 radical (unpaired) electrons. The van der Waals surface area contributed by atoms with Crippen LogP contribution < -0.4 is 9.64 Å². The molecule has 1 saturated heterocycles. The van der Waals surface area contributed by atoms with E-state index in [-0.39, 0.29) is 0 Å². The number of hydrogen-bond acceptors (Lipinski definition) is 7. The molecule has 2 aromatic rings. The highest BCUT2D eigenvalue weighted by Gasteiger charge is 2.20. The Kier molecular flexibility index (Phi) is 3.65. The predicted molar refractivity (Wildman–Crippen MR) is 78.5 cm³/mol.